The molecule has 0 saturated heterocycles. The third kappa shape index (κ3) is 5.61. The van der Waals surface area contributed by atoms with Gasteiger partial charge in [0.15, 0.2) is 0 Å². The highest BCUT2D eigenvalue weighted by Gasteiger charge is 2.35. The molecule has 12 heteroatoms. The van der Waals surface area contributed by atoms with Crippen LogP contribution in [0.5, 0.6) is 23.1 Å². The van der Waals surface area contributed by atoms with E-state index in [0.29, 0.717) is 30.5 Å². The Morgan fingerprint density at radius 3 is 2.42 bits per heavy atom. The topological polar surface area (TPSA) is 62.6 Å². The van der Waals surface area contributed by atoms with Crippen molar-refractivity contribution in [2.24, 2.45) is 0 Å². The third-order valence-electron chi connectivity index (χ3n) is 6.31. The molecular formula is C28H20F6N2O4. The number of aromatic nitrogens is 2. The predicted octanol–water partition coefficient (Wildman–Crippen LogP) is 6.88. The first-order valence-corrected chi connectivity index (χ1v) is 11.9. The fourth-order valence-electron chi connectivity index (χ4n) is 4.38. The Hall–Kier alpha value is -4.48. The second-order valence-corrected chi connectivity index (χ2v) is 8.93. The highest BCUT2D eigenvalue weighted by Crippen LogP contribution is 2.40. The molecule has 0 spiro atoms. The molecule has 0 radical (unpaired) electrons. The fourth-order valence-corrected chi connectivity index (χ4v) is 4.38. The smallest absolute Gasteiger partial charge is 0.419 e. The van der Waals surface area contributed by atoms with Gasteiger partial charge in [-0.2, -0.15) is 31.3 Å². The Morgan fingerprint density at radius 1 is 0.900 bits per heavy atom. The number of fused-ring (bicyclic) bond motifs is 3. The first kappa shape index (κ1) is 27.1. The number of hydrogen-bond donors (Lipinski definition) is 0. The van der Waals surface area contributed by atoms with Gasteiger partial charge in [0.25, 0.3) is 0 Å². The van der Waals surface area contributed by atoms with Gasteiger partial charge in [-0.15, -0.1) is 0 Å². The largest absolute Gasteiger partial charge is 0.497 e. The Kier molecular flexibility index (Phi) is 6.94. The van der Waals surface area contributed by atoms with Gasteiger partial charge in [-0.25, -0.2) is 4.79 Å². The lowest BCUT2D eigenvalue weighted by molar-refractivity contribution is -0.139. The lowest BCUT2D eigenvalue weighted by Gasteiger charge is -2.22. The Balaban J connectivity index is 1.40. The summed E-state index contributed by atoms with van der Waals surface area (Å²) in [6, 6.07) is 13.6. The molecule has 0 bridgehead atoms. The Labute approximate surface area is 223 Å². The minimum atomic E-state index is -4.87. The van der Waals surface area contributed by atoms with Gasteiger partial charge in [0.1, 0.15) is 23.9 Å². The molecule has 6 nitrogen and oxygen atoms in total. The van der Waals surface area contributed by atoms with Crippen LogP contribution in [-0.4, -0.2) is 16.7 Å². The molecule has 40 heavy (non-hydrogen) atoms. The number of hydrogen-bond acceptors (Lipinski definition) is 5. The van der Waals surface area contributed by atoms with E-state index in [1.165, 1.54) is 10.6 Å². The Bertz CT molecular complexity index is 1630. The van der Waals surface area contributed by atoms with E-state index in [9.17, 15) is 31.1 Å². The lowest BCUT2D eigenvalue weighted by Crippen LogP contribution is -2.28. The molecule has 1 aliphatic rings. The minimum absolute atomic E-state index is 0.0715. The van der Waals surface area contributed by atoms with Crippen molar-refractivity contribution in [1.29, 1.82) is 0 Å². The van der Waals surface area contributed by atoms with E-state index in [0.717, 1.165) is 41.5 Å². The highest BCUT2D eigenvalue weighted by molar-refractivity contribution is 5.67. The second kappa shape index (κ2) is 10.2. The summed E-state index contributed by atoms with van der Waals surface area (Å²) in [6.45, 7) is 0.0299. The lowest BCUT2D eigenvalue weighted by atomic mass is 9.97. The minimum Gasteiger partial charge on any atom is -0.497 e. The molecule has 3 aromatic carbocycles. The van der Waals surface area contributed by atoms with Crippen LogP contribution in [0.3, 0.4) is 0 Å². The van der Waals surface area contributed by atoms with Gasteiger partial charge in [-0.1, -0.05) is 12.1 Å². The molecule has 1 aliphatic heterocycles. The average Bonchev–Trinajstić information content (AvgIpc) is 2.91. The van der Waals surface area contributed by atoms with Crippen molar-refractivity contribution < 1.29 is 40.6 Å². The van der Waals surface area contributed by atoms with E-state index >= 15 is 0 Å². The number of rotatable bonds is 6. The monoisotopic (exact) mass is 562 g/mol. The van der Waals surface area contributed by atoms with Gasteiger partial charge in [-0.05, 0) is 66.1 Å². The predicted molar refractivity (Wildman–Crippen MR) is 131 cm³/mol. The maximum Gasteiger partial charge on any atom is 0.419 e. The van der Waals surface area contributed by atoms with Gasteiger partial charge in [0, 0.05) is 18.2 Å². The van der Waals surface area contributed by atoms with Gasteiger partial charge in [0.05, 0.1) is 23.9 Å². The van der Waals surface area contributed by atoms with Crippen molar-refractivity contribution in [3.63, 3.8) is 0 Å². The number of methoxy groups -OCH3 is 1. The van der Waals surface area contributed by atoms with Crippen LogP contribution in [0.2, 0.25) is 0 Å². The SMILES string of the molecule is COc1ccc2c(c1)CCn1c-2cc(OCc2ccc(Oc3cccc(C(F)(F)F)c3)c(C(F)(F)F)c2)nc1=O. The standard InChI is InChI=1S/C28H20F6N2O4/c1-38-19-6-7-21-17(12-19)9-10-36-23(21)14-25(35-26(36)37)39-15-16-5-8-24(22(11-16)28(32,33)34)40-20-4-2-3-18(13-20)27(29,30)31/h2-8,11-14H,9-10,15H2,1H3. The fraction of sp³-hybridized carbons (Fsp3) is 0.214. The van der Waals surface area contributed by atoms with Crippen molar-refractivity contribution >= 4 is 0 Å². The first-order valence-electron chi connectivity index (χ1n) is 11.9. The van der Waals surface area contributed by atoms with Crippen LogP contribution in [0.15, 0.2) is 71.5 Å². The van der Waals surface area contributed by atoms with Crippen LogP contribution in [0.25, 0.3) is 11.3 Å². The normalized spacial score (nSPS) is 12.9. The molecule has 0 amide bonds. The van der Waals surface area contributed by atoms with E-state index in [1.807, 2.05) is 6.07 Å². The molecular weight excluding hydrogens is 542 g/mol. The van der Waals surface area contributed by atoms with Gasteiger partial charge >= 0.3 is 18.0 Å². The first-order chi connectivity index (χ1) is 18.9. The molecule has 5 rings (SSSR count). The van der Waals surface area contributed by atoms with E-state index in [2.05, 4.69) is 4.98 Å². The van der Waals surface area contributed by atoms with E-state index in [4.69, 9.17) is 14.2 Å². The zero-order valence-corrected chi connectivity index (χ0v) is 20.8. The molecule has 0 aliphatic carbocycles. The summed E-state index contributed by atoms with van der Waals surface area (Å²) >= 11 is 0. The summed E-state index contributed by atoms with van der Waals surface area (Å²) < 4.78 is 98.0. The van der Waals surface area contributed by atoms with Crippen LogP contribution in [0.4, 0.5) is 26.3 Å². The molecule has 208 valence electrons. The number of alkyl halides is 6. The van der Waals surface area contributed by atoms with Crippen molar-refractivity contribution in [3.05, 3.63) is 99.5 Å². The van der Waals surface area contributed by atoms with Crippen LogP contribution in [0.1, 0.15) is 22.3 Å². The summed E-state index contributed by atoms with van der Waals surface area (Å²) in [5.74, 6) is -0.479. The summed E-state index contributed by atoms with van der Waals surface area (Å²) in [7, 11) is 1.55. The molecule has 0 fully saturated rings. The molecule has 2 heterocycles. The molecule has 0 atom stereocenters. The molecule has 4 aromatic rings. The molecule has 0 N–H and O–H groups in total. The van der Waals surface area contributed by atoms with Crippen molar-refractivity contribution in [3.8, 4) is 34.4 Å². The zero-order valence-electron chi connectivity index (χ0n) is 20.8. The molecule has 1 aromatic heterocycles. The van der Waals surface area contributed by atoms with E-state index in [-0.39, 0.29) is 18.1 Å². The number of nitrogens with zero attached hydrogens (tertiary/aromatic N) is 2. The Morgan fingerprint density at radius 2 is 1.70 bits per heavy atom. The summed E-state index contributed by atoms with van der Waals surface area (Å²) in [6.07, 6.45) is -8.97. The van der Waals surface area contributed by atoms with Gasteiger partial charge in [-0.3, -0.25) is 4.57 Å². The van der Waals surface area contributed by atoms with E-state index in [1.54, 1.807) is 25.3 Å². The van der Waals surface area contributed by atoms with Crippen molar-refractivity contribution in [2.75, 3.05) is 7.11 Å². The van der Waals surface area contributed by atoms with Crippen LogP contribution in [0, 0.1) is 0 Å². The quantitative estimate of drug-likeness (QED) is 0.240. The number of ether oxygens (including phenoxy) is 3. The third-order valence-corrected chi connectivity index (χ3v) is 6.31. The summed E-state index contributed by atoms with van der Waals surface area (Å²) in [4.78, 5) is 16.5. The summed E-state index contributed by atoms with van der Waals surface area (Å²) in [5.41, 5.74) is -0.442. The second-order valence-electron chi connectivity index (χ2n) is 8.93. The van der Waals surface area contributed by atoms with Crippen LogP contribution < -0.4 is 19.9 Å². The van der Waals surface area contributed by atoms with Crippen LogP contribution >= 0.6 is 0 Å². The number of benzene rings is 3. The average molecular weight is 562 g/mol. The van der Waals surface area contributed by atoms with Gasteiger partial charge in [0.2, 0.25) is 5.88 Å². The maximum absolute atomic E-state index is 13.8. The zero-order chi connectivity index (χ0) is 28.7. The number of halogens is 6. The molecule has 0 unspecified atom stereocenters. The summed E-state index contributed by atoms with van der Waals surface area (Å²) in [5, 5.41) is 0. The van der Waals surface area contributed by atoms with Crippen LogP contribution in [-0.2, 0) is 31.9 Å². The highest BCUT2D eigenvalue weighted by atomic mass is 19.4. The molecule has 0 saturated carbocycles. The van der Waals surface area contributed by atoms with E-state index < -0.39 is 40.7 Å². The van der Waals surface area contributed by atoms with Gasteiger partial charge < -0.3 is 14.2 Å². The van der Waals surface area contributed by atoms with Crippen molar-refractivity contribution in [2.45, 2.75) is 31.9 Å². The maximum atomic E-state index is 13.8. The van der Waals surface area contributed by atoms with Crippen molar-refractivity contribution in [1.82, 2.24) is 9.55 Å². The number of aryl methyl sites for hydroxylation is 1.